The molecule has 2 aliphatic rings. The van der Waals surface area contributed by atoms with Crippen LogP contribution >= 0.6 is 0 Å². The summed E-state index contributed by atoms with van der Waals surface area (Å²) in [6.07, 6.45) is 7.53. The van der Waals surface area contributed by atoms with E-state index in [0.717, 1.165) is 0 Å². The molecular formula is C28H34. The molecule has 2 atom stereocenters. The van der Waals surface area contributed by atoms with E-state index in [0.29, 0.717) is 11.8 Å². The van der Waals surface area contributed by atoms with Crippen molar-refractivity contribution in [3.63, 3.8) is 0 Å². The van der Waals surface area contributed by atoms with Gasteiger partial charge in [0.2, 0.25) is 0 Å². The van der Waals surface area contributed by atoms with Crippen LogP contribution in [0, 0.1) is 10.8 Å². The molecule has 0 bridgehead atoms. The summed E-state index contributed by atoms with van der Waals surface area (Å²) in [6, 6.07) is 18.1. The minimum atomic E-state index is 0.199. The van der Waals surface area contributed by atoms with Gasteiger partial charge in [-0.25, -0.2) is 0 Å². The Morgan fingerprint density at radius 2 is 0.929 bits per heavy atom. The van der Waals surface area contributed by atoms with E-state index in [1.807, 2.05) is 0 Å². The molecule has 0 saturated carbocycles. The van der Waals surface area contributed by atoms with Gasteiger partial charge in [-0.3, -0.25) is 0 Å². The van der Waals surface area contributed by atoms with Crippen molar-refractivity contribution in [2.75, 3.05) is 0 Å². The summed E-state index contributed by atoms with van der Waals surface area (Å²) in [7, 11) is 0. The minimum Gasteiger partial charge on any atom is -0.0726 e. The molecule has 28 heavy (non-hydrogen) atoms. The van der Waals surface area contributed by atoms with Gasteiger partial charge < -0.3 is 0 Å². The van der Waals surface area contributed by atoms with E-state index in [1.54, 1.807) is 0 Å². The summed E-state index contributed by atoms with van der Waals surface area (Å²) in [5.74, 6) is 1.09. The summed E-state index contributed by atoms with van der Waals surface area (Å²) >= 11 is 0. The van der Waals surface area contributed by atoms with E-state index in [2.05, 4.69) is 102 Å². The lowest BCUT2D eigenvalue weighted by Crippen LogP contribution is -2.06. The monoisotopic (exact) mass is 370 g/mol. The number of hydrogen-bond acceptors (Lipinski definition) is 0. The topological polar surface area (TPSA) is 0 Å². The molecule has 0 fully saturated rings. The fourth-order valence-corrected chi connectivity index (χ4v) is 5.04. The lowest BCUT2D eigenvalue weighted by molar-refractivity contribution is 0.564. The Morgan fingerprint density at radius 3 is 1.29 bits per heavy atom. The van der Waals surface area contributed by atoms with Gasteiger partial charge in [-0.15, -0.1) is 0 Å². The maximum Gasteiger partial charge on any atom is 0.00305 e. The van der Waals surface area contributed by atoms with Gasteiger partial charge >= 0.3 is 0 Å². The second-order valence-corrected chi connectivity index (χ2v) is 10.6. The Balaban J connectivity index is 1.60. The first-order valence-electron chi connectivity index (χ1n) is 10.8. The van der Waals surface area contributed by atoms with Crippen LogP contribution in [0.4, 0.5) is 0 Å². The van der Waals surface area contributed by atoms with Gasteiger partial charge in [-0.2, -0.15) is 0 Å². The molecule has 0 radical (unpaired) electrons. The molecule has 2 aromatic rings. The molecule has 0 saturated heterocycles. The predicted molar refractivity (Wildman–Crippen MR) is 122 cm³/mol. The van der Waals surface area contributed by atoms with E-state index in [9.17, 15) is 0 Å². The van der Waals surface area contributed by atoms with Gasteiger partial charge in [0.25, 0.3) is 0 Å². The molecule has 4 rings (SSSR count). The van der Waals surface area contributed by atoms with Crippen LogP contribution in [-0.4, -0.2) is 0 Å². The summed E-state index contributed by atoms with van der Waals surface area (Å²) in [4.78, 5) is 0. The summed E-state index contributed by atoms with van der Waals surface area (Å²) in [5.41, 5.74) is 9.43. The molecule has 0 aromatic heterocycles. The van der Waals surface area contributed by atoms with Crippen LogP contribution in [0.3, 0.4) is 0 Å². The van der Waals surface area contributed by atoms with Crippen molar-refractivity contribution >= 4 is 11.1 Å². The molecule has 0 spiro atoms. The first-order chi connectivity index (χ1) is 13.2. The maximum absolute atomic E-state index is 2.56. The number of rotatable bonds is 3. The van der Waals surface area contributed by atoms with Crippen molar-refractivity contribution in [2.45, 2.75) is 66.2 Å². The maximum atomic E-state index is 2.56. The molecule has 0 N–H and O–H groups in total. The predicted octanol–water partition coefficient (Wildman–Crippen LogP) is 8.22. The van der Waals surface area contributed by atoms with Crippen LogP contribution in [0.5, 0.6) is 0 Å². The lowest BCUT2D eigenvalue weighted by atomic mass is 9.83. The van der Waals surface area contributed by atoms with Crippen molar-refractivity contribution in [1.29, 1.82) is 0 Å². The third kappa shape index (κ3) is 3.39. The van der Waals surface area contributed by atoms with Gasteiger partial charge in [-0.05, 0) is 57.1 Å². The molecule has 2 unspecified atom stereocenters. The number of fused-ring (bicyclic) bond motifs is 2. The molecule has 0 nitrogen and oxygen atoms in total. The fourth-order valence-electron chi connectivity index (χ4n) is 5.04. The van der Waals surface area contributed by atoms with Gasteiger partial charge in [0.15, 0.2) is 0 Å². The summed E-state index contributed by atoms with van der Waals surface area (Å²) < 4.78 is 0. The van der Waals surface area contributed by atoms with Crippen LogP contribution in [0.25, 0.3) is 11.1 Å². The van der Waals surface area contributed by atoms with Crippen LogP contribution in [-0.2, 0) is 0 Å². The van der Waals surface area contributed by atoms with E-state index in [4.69, 9.17) is 0 Å². The van der Waals surface area contributed by atoms with Crippen molar-refractivity contribution in [3.05, 3.63) is 82.9 Å². The highest BCUT2D eigenvalue weighted by Gasteiger charge is 2.32. The van der Waals surface area contributed by atoms with Crippen LogP contribution in [0.2, 0.25) is 0 Å². The van der Waals surface area contributed by atoms with Gasteiger partial charge in [-0.1, -0.05) is 102 Å². The van der Waals surface area contributed by atoms with Crippen molar-refractivity contribution in [1.82, 2.24) is 0 Å². The Bertz CT molecular complexity index is 861. The van der Waals surface area contributed by atoms with E-state index in [-0.39, 0.29) is 10.8 Å². The number of hydrogen-bond donors (Lipinski definition) is 0. The van der Waals surface area contributed by atoms with Crippen LogP contribution in [0.1, 0.15) is 88.5 Å². The molecule has 0 heteroatoms. The third-order valence-electron chi connectivity index (χ3n) is 6.44. The highest BCUT2D eigenvalue weighted by Crippen LogP contribution is 2.49. The summed E-state index contributed by atoms with van der Waals surface area (Å²) in [6.45, 7) is 14.0. The van der Waals surface area contributed by atoms with Crippen molar-refractivity contribution in [3.8, 4) is 0 Å². The van der Waals surface area contributed by atoms with E-state index >= 15 is 0 Å². The van der Waals surface area contributed by atoms with Crippen molar-refractivity contribution in [2.24, 2.45) is 10.8 Å². The lowest BCUT2D eigenvalue weighted by Gasteiger charge is -2.21. The normalized spacial score (nSPS) is 21.2. The quantitative estimate of drug-likeness (QED) is 0.510. The van der Waals surface area contributed by atoms with E-state index in [1.165, 1.54) is 46.2 Å². The SMILES string of the molecule is CC(C)(C)C1=CC(CCC2C=C(C(C)(C)C)c3ccccc32)c2ccccc21. The average molecular weight is 371 g/mol. The molecule has 0 aliphatic heterocycles. The number of benzene rings is 2. The average Bonchev–Trinajstić information content (AvgIpc) is 3.18. The Labute approximate surface area is 171 Å². The van der Waals surface area contributed by atoms with Gasteiger partial charge in [0.05, 0.1) is 0 Å². The Hall–Kier alpha value is -2.08. The second-order valence-electron chi connectivity index (χ2n) is 10.6. The smallest absolute Gasteiger partial charge is 0.00305 e. The molecule has 0 heterocycles. The largest absolute Gasteiger partial charge is 0.0726 e. The minimum absolute atomic E-state index is 0.199. The summed E-state index contributed by atoms with van der Waals surface area (Å²) in [5, 5.41) is 0. The zero-order chi connectivity index (χ0) is 20.1. The molecule has 2 aromatic carbocycles. The molecular weight excluding hydrogens is 336 g/mol. The Kier molecular flexibility index (Phi) is 4.65. The van der Waals surface area contributed by atoms with Gasteiger partial charge in [0.1, 0.15) is 0 Å². The highest BCUT2D eigenvalue weighted by atomic mass is 14.4. The zero-order valence-electron chi connectivity index (χ0n) is 18.3. The first kappa shape index (κ1) is 19.2. The zero-order valence-corrected chi connectivity index (χ0v) is 18.3. The van der Waals surface area contributed by atoms with Crippen molar-refractivity contribution < 1.29 is 0 Å². The van der Waals surface area contributed by atoms with Crippen LogP contribution < -0.4 is 0 Å². The van der Waals surface area contributed by atoms with Gasteiger partial charge in [0, 0.05) is 11.8 Å². The number of allylic oxidation sites excluding steroid dienone is 4. The molecule has 2 aliphatic carbocycles. The molecule has 0 amide bonds. The molecule has 146 valence electrons. The van der Waals surface area contributed by atoms with E-state index < -0.39 is 0 Å². The third-order valence-corrected chi connectivity index (χ3v) is 6.44. The fraction of sp³-hybridized carbons (Fsp3) is 0.429. The second kappa shape index (κ2) is 6.76. The standard InChI is InChI=1S/C28H34/c1-27(2,3)25-17-19(21-11-7-9-13-23(21)25)15-16-20-18-26(28(4,5)6)24-14-10-8-12-22(20)24/h7-14,17-20H,15-16H2,1-6H3. The Morgan fingerprint density at radius 1 is 0.571 bits per heavy atom. The van der Waals surface area contributed by atoms with Crippen LogP contribution in [0.15, 0.2) is 60.7 Å². The highest BCUT2D eigenvalue weighted by molar-refractivity contribution is 5.79. The first-order valence-corrected chi connectivity index (χ1v) is 10.8.